The van der Waals surface area contributed by atoms with E-state index in [0.717, 1.165) is 91.4 Å². The molecule has 2 aliphatic heterocycles. The lowest BCUT2D eigenvalue weighted by molar-refractivity contribution is 0.247. The zero-order valence-electron chi connectivity index (χ0n) is 24.0. The summed E-state index contributed by atoms with van der Waals surface area (Å²) in [7, 11) is 3.84. The second-order valence-corrected chi connectivity index (χ2v) is 11.3. The van der Waals surface area contributed by atoms with Crippen LogP contribution in [0.4, 0.5) is 33.6 Å². The van der Waals surface area contributed by atoms with E-state index in [1.807, 2.05) is 28.1 Å². The van der Waals surface area contributed by atoms with Crippen molar-refractivity contribution in [3.8, 4) is 5.75 Å². The van der Waals surface area contributed by atoms with Gasteiger partial charge in [0.15, 0.2) is 0 Å². The number of carbonyl (C=O) groups is 1. The van der Waals surface area contributed by atoms with Crippen LogP contribution in [0.3, 0.4) is 0 Å². The van der Waals surface area contributed by atoms with E-state index in [4.69, 9.17) is 9.72 Å². The molecule has 40 heavy (non-hydrogen) atoms. The van der Waals surface area contributed by atoms with Crippen LogP contribution in [0, 0.1) is 13.8 Å². The van der Waals surface area contributed by atoms with E-state index in [1.165, 1.54) is 0 Å². The van der Waals surface area contributed by atoms with Crippen molar-refractivity contribution in [3.05, 3.63) is 59.3 Å². The van der Waals surface area contributed by atoms with Crippen molar-refractivity contribution >= 4 is 34.9 Å². The number of aromatic nitrogens is 2. The molecule has 9 heteroatoms. The Balaban J connectivity index is 1.31. The molecule has 1 aliphatic carbocycles. The van der Waals surface area contributed by atoms with Crippen LogP contribution < -0.4 is 24.8 Å². The van der Waals surface area contributed by atoms with E-state index < -0.39 is 0 Å². The highest BCUT2D eigenvalue weighted by Crippen LogP contribution is 2.39. The molecule has 0 spiro atoms. The maximum Gasteiger partial charge on any atom is 0.330 e. The first-order valence-electron chi connectivity index (χ1n) is 14.3. The Kier molecular flexibility index (Phi) is 7.23. The van der Waals surface area contributed by atoms with Gasteiger partial charge in [0.2, 0.25) is 5.95 Å². The van der Waals surface area contributed by atoms with E-state index in [9.17, 15) is 4.79 Å². The number of benzene rings is 2. The first kappa shape index (κ1) is 26.4. The van der Waals surface area contributed by atoms with Crippen LogP contribution in [0.15, 0.2) is 42.6 Å². The third kappa shape index (κ3) is 4.94. The summed E-state index contributed by atoms with van der Waals surface area (Å²) < 4.78 is 5.76. The molecule has 1 aromatic heterocycles. The number of likely N-dealkylation sites (N-methyl/N-ethyl adjacent to an activating group) is 1. The minimum absolute atomic E-state index is 0.00411. The third-order valence-corrected chi connectivity index (χ3v) is 8.53. The number of ether oxygens (including phenoxy) is 1. The van der Waals surface area contributed by atoms with Gasteiger partial charge < -0.3 is 19.9 Å². The first-order chi connectivity index (χ1) is 19.4. The molecule has 0 unspecified atom stereocenters. The number of piperazine rings is 1. The van der Waals surface area contributed by atoms with Gasteiger partial charge in [-0.3, -0.25) is 9.80 Å². The van der Waals surface area contributed by atoms with E-state index in [0.29, 0.717) is 18.3 Å². The number of aryl methyl sites for hydroxylation is 2. The molecule has 3 aromatic rings. The number of nitrogens with one attached hydrogen (secondary N) is 1. The summed E-state index contributed by atoms with van der Waals surface area (Å²) in [5.41, 5.74) is 6.06. The van der Waals surface area contributed by atoms with Gasteiger partial charge in [-0.15, -0.1) is 0 Å². The van der Waals surface area contributed by atoms with Crippen molar-refractivity contribution in [2.45, 2.75) is 52.1 Å². The van der Waals surface area contributed by atoms with Gasteiger partial charge >= 0.3 is 6.03 Å². The molecule has 2 aromatic carbocycles. The molecule has 0 atom stereocenters. The molecule has 2 fully saturated rings. The van der Waals surface area contributed by atoms with Crippen molar-refractivity contribution < 1.29 is 9.53 Å². The van der Waals surface area contributed by atoms with Crippen LogP contribution in [-0.2, 0) is 6.54 Å². The molecule has 9 nitrogen and oxygen atoms in total. The fourth-order valence-corrected chi connectivity index (χ4v) is 6.30. The number of para-hydroxylation sites is 1. The average molecular weight is 542 g/mol. The van der Waals surface area contributed by atoms with Crippen molar-refractivity contribution in [2.24, 2.45) is 0 Å². The Morgan fingerprint density at radius 3 is 2.42 bits per heavy atom. The Bertz CT molecular complexity index is 1380. The topological polar surface area (TPSA) is 77.1 Å². The van der Waals surface area contributed by atoms with Crippen molar-refractivity contribution in [3.63, 3.8) is 0 Å². The number of amides is 2. The summed E-state index contributed by atoms with van der Waals surface area (Å²) in [4.78, 5) is 32.3. The molecule has 0 bridgehead atoms. The summed E-state index contributed by atoms with van der Waals surface area (Å²) in [6, 6.07) is 12.5. The van der Waals surface area contributed by atoms with Gasteiger partial charge in [0.05, 0.1) is 25.0 Å². The number of nitrogens with zero attached hydrogens (tertiary/aromatic N) is 6. The highest BCUT2D eigenvalue weighted by Gasteiger charge is 2.39. The summed E-state index contributed by atoms with van der Waals surface area (Å²) in [5, 5.41) is 3.37. The number of rotatable bonds is 6. The Morgan fingerprint density at radius 2 is 1.73 bits per heavy atom. The van der Waals surface area contributed by atoms with Crippen LogP contribution in [0.25, 0.3) is 0 Å². The summed E-state index contributed by atoms with van der Waals surface area (Å²) in [6.45, 7) is 8.65. The van der Waals surface area contributed by atoms with Gasteiger partial charge in [-0.1, -0.05) is 31.0 Å². The lowest BCUT2D eigenvalue weighted by Crippen LogP contribution is -2.52. The molecular formula is C31H39N7O2. The van der Waals surface area contributed by atoms with Crippen molar-refractivity contribution in [1.29, 1.82) is 0 Å². The standard InChI is InChI=1S/C31H39N7O2/c1-21-8-7-9-22(2)28(21)37-20-23-19-32-30(34-29(23)38(31(37)39)24-10-5-6-11-24)33-26-13-12-25(18-27(26)40-4)36-16-14-35(3)15-17-36/h7-9,12-13,18-19,24H,5-6,10-11,14-17,20H2,1-4H3,(H,32,33,34). The molecule has 3 aliphatic rings. The quantitative estimate of drug-likeness (QED) is 0.442. The molecule has 2 amide bonds. The van der Waals surface area contributed by atoms with Crippen LogP contribution in [0.1, 0.15) is 42.4 Å². The number of methoxy groups -OCH3 is 1. The predicted molar refractivity (Wildman–Crippen MR) is 160 cm³/mol. The highest BCUT2D eigenvalue weighted by atomic mass is 16.5. The Labute approximate surface area is 236 Å². The molecule has 1 saturated carbocycles. The number of anilines is 5. The van der Waals surface area contributed by atoms with E-state index in [2.05, 4.69) is 65.3 Å². The lowest BCUT2D eigenvalue weighted by Gasteiger charge is -2.40. The SMILES string of the molecule is COc1cc(N2CCN(C)CC2)ccc1Nc1ncc2c(n1)N(C1CCCC1)C(=O)N(c1c(C)cccc1C)C2. The summed E-state index contributed by atoms with van der Waals surface area (Å²) in [5.74, 6) is 1.91. The summed E-state index contributed by atoms with van der Waals surface area (Å²) in [6.07, 6.45) is 6.09. The largest absolute Gasteiger partial charge is 0.494 e. The first-order valence-corrected chi connectivity index (χ1v) is 14.3. The molecule has 1 saturated heterocycles. The minimum atomic E-state index is -0.00411. The van der Waals surface area contributed by atoms with E-state index in [1.54, 1.807) is 7.11 Å². The molecular weight excluding hydrogens is 502 g/mol. The van der Waals surface area contributed by atoms with Crippen LogP contribution in [0.2, 0.25) is 0 Å². The van der Waals surface area contributed by atoms with Gasteiger partial charge in [-0.05, 0) is 57.0 Å². The third-order valence-electron chi connectivity index (χ3n) is 8.53. The second kappa shape index (κ2) is 11.0. The monoisotopic (exact) mass is 541 g/mol. The van der Waals surface area contributed by atoms with Gasteiger partial charge in [0, 0.05) is 55.7 Å². The van der Waals surface area contributed by atoms with E-state index >= 15 is 0 Å². The van der Waals surface area contributed by atoms with Crippen LogP contribution in [-0.4, -0.2) is 67.3 Å². The fraction of sp³-hybridized carbons (Fsp3) is 0.452. The number of hydrogen-bond acceptors (Lipinski definition) is 7. The van der Waals surface area contributed by atoms with Gasteiger partial charge in [-0.25, -0.2) is 9.78 Å². The highest BCUT2D eigenvalue weighted by molar-refractivity contribution is 6.06. The lowest BCUT2D eigenvalue weighted by atomic mass is 10.1. The predicted octanol–water partition coefficient (Wildman–Crippen LogP) is 5.49. The number of fused-ring (bicyclic) bond motifs is 1. The maximum absolute atomic E-state index is 14.1. The molecule has 6 rings (SSSR count). The smallest absolute Gasteiger partial charge is 0.330 e. The Morgan fingerprint density at radius 1 is 1.00 bits per heavy atom. The van der Waals surface area contributed by atoms with E-state index in [-0.39, 0.29) is 12.1 Å². The van der Waals surface area contributed by atoms with Crippen molar-refractivity contribution in [2.75, 3.05) is 60.4 Å². The zero-order valence-corrected chi connectivity index (χ0v) is 24.0. The summed E-state index contributed by atoms with van der Waals surface area (Å²) >= 11 is 0. The zero-order chi connectivity index (χ0) is 27.8. The van der Waals surface area contributed by atoms with Crippen LogP contribution in [0.5, 0.6) is 5.75 Å². The second-order valence-electron chi connectivity index (χ2n) is 11.3. The molecule has 3 heterocycles. The fourth-order valence-electron chi connectivity index (χ4n) is 6.30. The Hall–Kier alpha value is -3.85. The van der Waals surface area contributed by atoms with Gasteiger partial charge in [-0.2, -0.15) is 4.98 Å². The number of hydrogen-bond donors (Lipinski definition) is 1. The normalized spacial score (nSPS) is 18.3. The molecule has 1 N–H and O–H groups in total. The van der Waals surface area contributed by atoms with Gasteiger partial charge in [0.25, 0.3) is 0 Å². The maximum atomic E-state index is 14.1. The van der Waals surface area contributed by atoms with Crippen molar-refractivity contribution in [1.82, 2.24) is 14.9 Å². The minimum Gasteiger partial charge on any atom is -0.494 e. The molecule has 210 valence electrons. The molecule has 0 radical (unpaired) electrons. The van der Waals surface area contributed by atoms with Gasteiger partial charge in [0.1, 0.15) is 11.6 Å². The average Bonchev–Trinajstić information content (AvgIpc) is 3.48. The number of carbonyl (C=O) groups excluding carboxylic acids is 1. The van der Waals surface area contributed by atoms with Crippen LogP contribution >= 0.6 is 0 Å². The number of urea groups is 1.